The molecule has 0 spiro atoms. The number of methoxy groups -OCH3 is 1. The molecule has 1 saturated carbocycles. The van der Waals surface area contributed by atoms with Gasteiger partial charge in [-0.05, 0) is 35.4 Å². The average Bonchev–Trinajstić information content (AvgIpc) is 2.46. The highest BCUT2D eigenvalue weighted by Crippen LogP contribution is 2.41. The zero-order chi connectivity index (χ0) is 14.8. The molecular formula is C18H29NO. The van der Waals surface area contributed by atoms with Gasteiger partial charge in [0.1, 0.15) is 5.75 Å². The molecule has 0 amide bonds. The molecule has 2 nitrogen and oxygen atoms in total. The summed E-state index contributed by atoms with van der Waals surface area (Å²) in [6.07, 6.45) is 6.39. The molecule has 0 radical (unpaired) electrons. The van der Waals surface area contributed by atoms with Gasteiger partial charge in [0.2, 0.25) is 0 Å². The predicted octanol–water partition coefficient (Wildman–Crippen LogP) is 4.15. The van der Waals surface area contributed by atoms with Gasteiger partial charge in [-0.3, -0.25) is 0 Å². The highest BCUT2D eigenvalue weighted by Gasteiger charge is 2.33. The molecule has 0 unspecified atom stereocenters. The van der Waals surface area contributed by atoms with E-state index in [2.05, 4.69) is 39.0 Å². The molecule has 0 heterocycles. The molecule has 2 N–H and O–H groups in total. The van der Waals surface area contributed by atoms with Crippen LogP contribution in [0.3, 0.4) is 0 Å². The van der Waals surface area contributed by atoms with Crippen LogP contribution in [-0.2, 0) is 10.8 Å². The molecular weight excluding hydrogens is 246 g/mol. The van der Waals surface area contributed by atoms with Crippen molar-refractivity contribution in [1.82, 2.24) is 0 Å². The predicted molar refractivity (Wildman–Crippen MR) is 85.5 cm³/mol. The highest BCUT2D eigenvalue weighted by atomic mass is 16.5. The van der Waals surface area contributed by atoms with E-state index in [0.717, 1.165) is 12.3 Å². The number of hydrogen-bond acceptors (Lipinski definition) is 2. The second kappa shape index (κ2) is 5.77. The van der Waals surface area contributed by atoms with Crippen LogP contribution >= 0.6 is 0 Å². The van der Waals surface area contributed by atoms with Crippen LogP contribution in [0.4, 0.5) is 0 Å². The van der Waals surface area contributed by atoms with Gasteiger partial charge in [0.25, 0.3) is 0 Å². The number of benzene rings is 1. The summed E-state index contributed by atoms with van der Waals surface area (Å²) in [6, 6.07) is 6.70. The first-order valence-corrected chi connectivity index (χ1v) is 7.82. The maximum Gasteiger partial charge on any atom is 0.122 e. The van der Waals surface area contributed by atoms with Crippen molar-refractivity contribution in [2.75, 3.05) is 13.7 Å². The van der Waals surface area contributed by atoms with Crippen LogP contribution in [0.5, 0.6) is 5.75 Å². The molecule has 0 bridgehead atoms. The Balaban J connectivity index is 2.47. The van der Waals surface area contributed by atoms with Crippen LogP contribution in [0, 0.1) is 0 Å². The minimum absolute atomic E-state index is 0.0891. The molecule has 112 valence electrons. The van der Waals surface area contributed by atoms with Gasteiger partial charge in [0, 0.05) is 12.0 Å². The van der Waals surface area contributed by atoms with Crippen molar-refractivity contribution in [3.8, 4) is 5.75 Å². The van der Waals surface area contributed by atoms with Crippen molar-refractivity contribution in [2.24, 2.45) is 5.73 Å². The number of rotatable bonds is 3. The van der Waals surface area contributed by atoms with Gasteiger partial charge in [-0.25, -0.2) is 0 Å². The van der Waals surface area contributed by atoms with Crippen molar-refractivity contribution in [2.45, 2.75) is 63.7 Å². The van der Waals surface area contributed by atoms with Gasteiger partial charge in [0.05, 0.1) is 7.11 Å². The number of hydrogen-bond donors (Lipinski definition) is 1. The third-order valence-electron chi connectivity index (χ3n) is 4.82. The normalized spacial score (nSPS) is 18.9. The summed E-state index contributed by atoms with van der Waals surface area (Å²) < 4.78 is 5.55. The molecule has 1 aliphatic carbocycles. The zero-order valence-electron chi connectivity index (χ0n) is 13.5. The summed E-state index contributed by atoms with van der Waals surface area (Å²) in [5.74, 6) is 0.990. The Morgan fingerprint density at radius 2 is 1.80 bits per heavy atom. The van der Waals surface area contributed by atoms with E-state index >= 15 is 0 Å². The second-order valence-corrected chi connectivity index (χ2v) is 7.21. The molecule has 1 fully saturated rings. The summed E-state index contributed by atoms with van der Waals surface area (Å²) in [5, 5.41) is 0. The molecule has 0 aromatic heterocycles. The minimum atomic E-state index is 0.0891. The van der Waals surface area contributed by atoms with E-state index in [1.165, 1.54) is 43.2 Å². The monoisotopic (exact) mass is 275 g/mol. The van der Waals surface area contributed by atoms with E-state index in [1.807, 2.05) is 0 Å². The first-order chi connectivity index (χ1) is 9.43. The lowest BCUT2D eigenvalue weighted by atomic mass is 9.68. The largest absolute Gasteiger partial charge is 0.496 e. The van der Waals surface area contributed by atoms with Crippen molar-refractivity contribution in [3.63, 3.8) is 0 Å². The topological polar surface area (TPSA) is 35.2 Å². The fraction of sp³-hybridized carbons (Fsp3) is 0.667. The Bertz CT molecular complexity index is 453. The summed E-state index contributed by atoms with van der Waals surface area (Å²) >= 11 is 0. The van der Waals surface area contributed by atoms with E-state index in [-0.39, 0.29) is 10.8 Å². The molecule has 0 aliphatic heterocycles. The van der Waals surface area contributed by atoms with Crippen LogP contribution in [0.2, 0.25) is 0 Å². The summed E-state index contributed by atoms with van der Waals surface area (Å²) in [5.41, 5.74) is 9.14. The molecule has 1 aromatic carbocycles. The lowest BCUT2D eigenvalue weighted by Crippen LogP contribution is -2.37. The number of nitrogens with two attached hydrogens (primary N) is 1. The van der Waals surface area contributed by atoms with Gasteiger partial charge in [0.15, 0.2) is 0 Å². The Labute approximate surface area is 123 Å². The standard InChI is InChI=1S/C18H29NO/c1-17(2,3)15-12-14(8-9-16(15)20-4)18(13-19)10-6-5-7-11-18/h8-9,12H,5-7,10-11,13,19H2,1-4H3. The molecule has 2 heteroatoms. The lowest BCUT2D eigenvalue weighted by Gasteiger charge is -2.38. The van der Waals surface area contributed by atoms with Gasteiger partial charge < -0.3 is 10.5 Å². The van der Waals surface area contributed by atoms with E-state index in [0.29, 0.717) is 0 Å². The van der Waals surface area contributed by atoms with E-state index in [9.17, 15) is 0 Å². The lowest BCUT2D eigenvalue weighted by molar-refractivity contribution is 0.299. The maximum atomic E-state index is 6.17. The van der Waals surface area contributed by atoms with Crippen molar-refractivity contribution < 1.29 is 4.74 Å². The number of ether oxygens (including phenoxy) is 1. The first-order valence-electron chi connectivity index (χ1n) is 7.82. The third-order valence-corrected chi connectivity index (χ3v) is 4.82. The van der Waals surface area contributed by atoms with Crippen LogP contribution in [0.25, 0.3) is 0 Å². The van der Waals surface area contributed by atoms with Crippen LogP contribution in [0.1, 0.15) is 64.0 Å². The SMILES string of the molecule is COc1ccc(C2(CN)CCCCC2)cc1C(C)(C)C. The highest BCUT2D eigenvalue weighted by molar-refractivity contribution is 5.44. The third kappa shape index (κ3) is 2.85. The van der Waals surface area contributed by atoms with Gasteiger partial charge in [-0.15, -0.1) is 0 Å². The fourth-order valence-corrected chi connectivity index (χ4v) is 3.46. The van der Waals surface area contributed by atoms with Crippen molar-refractivity contribution in [1.29, 1.82) is 0 Å². The molecule has 0 saturated heterocycles. The Hall–Kier alpha value is -1.02. The van der Waals surface area contributed by atoms with Gasteiger partial charge in [-0.1, -0.05) is 52.2 Å². The Morgan fingerprint density at radius 1 is 1.15 bits per heavy atom. The average molecular weight is 275 g/mol. The van der Waals surface area contributed by atoms with Crippen LogP contribution < -0.4 is 10.5 Å². The van der Waals surface area contributed by atoms with Crippen molar-refractivity contribution in [3.05, 3.63) is 29.3 Å². The fourth-order valence-electron chi connectivity index (χ4n) is 3.46. The van der Waals surface area contributed by atoms with E-state index in [4.69, 9.17) is 10.5 Å². The Kier molecular flexibility index (Phi) is 4.43. The molecule has 2 rings (SSSR count). The van der Waals surface area contributed by atoms with Crippen LogP contribution in [-0.4, -0.2) is 13.7 Å². The molecule has 20 heavy (non-hydrogen) atoms. The van der Waals surface area contributed by atoms with E-state index < -0.39 is 0 Å². The van der Waals surface area contributed by atoms with E-state index in [1.54, 1.807) is 7.11 Å². The second-order valence-electron chi connectivity index (χ2n) is 7.21. The quantitative estimate of drug-likeness (QED) is 0.899. The maximum absolute atomic E-state index is 6.17. The molecule has 0 atom stereocenters. The first kappa shape index (κ1) is 15.4. The molecule has 1 aliphatic rings. The summed E-state index contributed by atoms with van der Waals surface area (Å²) in [6.45, 7) is 7.47. The van der Waals surface area contributed by atoms with Crippen molar-refractivity contribution >= 4 is 0 Å². The Morgan fingerprint density at radius 3 is 2.30 bits per heavy atom. The summed E-state index contributed by atoms with van der Waals surface area (Å²) in [4.78, 5) is 0. The summed E-state index contributed by atoms with van der Waals surface area (Å²) in [7, 11) is 1.75. The molecule has 1 aromatic rings. The van der Waals surface area contributed by atoms with Gasteiger partial charge >= 0.3 is 0 Å². The minimum Gasteiger partial charge on any atom is -0.496 e. The zero-order valence-corrected chi connectivity index (χ0v) is 13.5. The van der Waals surface area contributed by atoms with Gasteiger partial charge in [-0.2, -0.15) is 0 Å². The van der Waals surface area contributed by atoms with Crippen LogP contribution in [0.15, 0.2) is 18.2 Å². The smallest absolute Gasteiger partial charge is 0.122 e.